The first-order valence-corrected chi connectivity index (χ1v) is 6.05. The first-order chi connectivity index (χ1) is 7.15. The molecule has 0 bridgehead atoms. The summed E-state index contributed by atoms with van der Waals surface area (Å²) in [5.74, 6) is 0.908. The summed E-state index contributed by atoms with van der Waals surface area (Å²) in [5.41, 5.74) is 7.03. The Balaban J connectivity index is 2.16. The molecule has 3 nitrogen and oxygen atoms in total. The number of nitrogens with two attached hydrogens (primary N) is 1. The Hall–Kier alpha value is -0.610. The molecule has 1 aromatic rings. The van der Waals surface area contributed by atoms with Crippen molar-refractivity contribution in [2.75, 3.05) is 11.9 Å². The molecule has 82 valence electrons. The summed E-state index contributed by atoms with van der Waals surface area (Å²) in [7, 11) is 0. The minimum absolute atomic E-state index is 0.0881. The Morgan fingerprint density at radius 2 is 2.33 bits per heavy atom. The van der Waals surface area contributed by atoms with Gasteiger partial charge in [-0.1, -0.05) is 0 Å². The Kier molecular flexibility index (Phi) is 2.98. The van der Waals surface area contributed by atoms with Gasteiger partial charge < -0.3 is 11.1 Å². The normalized spacial score (nSPS) is 18.3. The maximum atomic E-state index is 5.79. The number of nitrogens with zero attached hydrogens (tertiary/aromatic N) is 1. The van der Waals surface area contributed by atoms with Crippen molar-refractivity contribution < 1.29 is 0 Å². The zero-order valence-corrected chi connectivity index (χ0v) is 10.5. The van der Waals surface area contributed by atoms with Gasteiger partial charge in [0.25, 0.3) is 0 Å². The van der Waals surface area contributed by atoms with Crippen LogP contribution >= 0.6 is 15.9 Å². The van der Waals surface area contributed by atoms with Crippen LogP contribution in [0.5, 0.6) is 0 Å². The molecule has 0 aliphatic heterocycles. The molecule has 4 heteroatoms. The lowest BCUT2D eigenvalue weighted by atomic mass is 9.77. The smallest absolute Gasteiger partial charge is 0.140 e. The van der Waals surface area contributed by atoms with Crippen LogP contribution in [0.3, 0.4) is 0 Å². The second-order valence-corrected chi connectivity index (χ2v) is 5.16. The molecule has 0 aromatic carbocycles. The number of anilines is 1. The summed E-state index contributed by atoms with van der Waals surface area (Å²) in [5, 5.41) is 3.45. The van der Waals surface area contributed by atoms with E-state index < -0.39 is 0 Å². The first-order valence-electron chi connectivity index (χ1n) is 5.26. The lowest BCUT2D eigenvalue weighted by Gasteiger charge is -2.42. The van der Waals surface area contributed by atoms with Gasteiger partial charge in [0.1, 0.15) is 5.82 Å². The van der Waals surface area contributed by atoms with Crippen LogP contribution in [0.4, 0.5) is 5.82 Å². The van der Waals surface area contributed by atoms with Gasteiger partial charge in [-0.15, -0.1) is 0 Å². The number of aryl methyl sites for hydroxylation is 1. The topological polar surface area (TPSA) is 50.9 Å². The third-order valence-electron chi connectivity index (χ3n) is 3.06. The molecular weight excluding hydrogens is 254 g/mol. The van der Waals surface area contributed by atoms with Crippen molar-refractivity contribution in [2.24, 2.45) is 5.73 Å². The zero-order valence-electron chi connectivity index (χ0n) is 8.89. The molecule has 1 fully saturated rings. The summed E-state index contributed by atoms with van der Waals surface area (Å²) < 4.78 is 1.02. The van der Waals surface area contributed by atoms with E-state index in [2.05, 4.69) is 32.3 Å². The monoisotopic (exact) mass is 269 g/mol. The third kappa shape index (κ3) is 2.16. The van der Waals surface area contributed by atoms with E-state index in [0.29, 0.717) is 6.54 Å². The first kappa shape index (κ1) is 10.9. The van der Waals surface area contributed by atoms with E-state index in [0.717, 1.165) is 28.7 Å². The van der Waals surface area contributed by atoms with E-state index in [1.165, 1.54) is 6.42 Å². The maximum absolute atomic E-state index is 5.79. The van der Waals surface area contributed by atoms with Crippen LogP contribution in [0.1, 0.15) is 24.8 Å². The van der Waals surface area contributed by atoms with Crippen molar-refractivity contribution >= 4 is 21.7 Å². The van der Waals surface area contributed by atoms with Crippen LogP contribution in [0.2, 0.25) is 0 Å². The molecule has 1 aromatic heterocycles. The van der Waals surface area contributed by atoms with Crippen LogP contribution < -0.4 is 11.1 Å². The number of hydrogen-bond donors (Lipinski definition) is 2. The fraction of sp³-hybridized carbons (Fsp3) is 0.545. The van der Waals surface area contributed by atoms with Crippen LogP contribution in [0.25, 0.3) is 0 Å². The van der Waals surface area contributed by atoms with Crippen molar-refractivity contribution in [2.45, 2.75) is 31.7 Å². The summed E-state index contributed by atoms with van der Waals surface area (Å²) in [6, 6.07) is 2.07. The van der Waals surface area contributed by atoms with Gasteiger partial charge in [-0.2, -0.15) is 0 Å². The summed E-state index contributed by atoms with van der Waals surface area (Å²) in [6.07, 6.45) is 5.42. The SMILES string of the molecule is Cc1cnc(NC2(CN)CCC2)c(Br)c1. The Morgan fingerprint density at radius 3 is 2.80 bits per heavy atom. The highest BCUT2D eigenvalue weighted by Gasteiger charge is 2.36. The highest BCUT2D eigenvalue weighted by molar-refractivity contribution is 9.10. The summed E-state index contributed by atoms with van der Waals surface area (Å²) >= 11 is 3.52. The van der Waals surface area contributed by atoms with Crippen molar-refractivity contribution in [1.29, 1.82) is 0 Å². The lowest BCUT2D eigenvalue weighted by molar-refractivity contribution is 0.286. The van der Waals surface area contributed by atoms with E-state index >= 15 is 0 Å². The van der Waals surface area contributed by atoms with E-state index in [1.807, 2.05) is 13.1 Å². The van der Waals surface area contributed by atoms with Gasteiger partial charge in [0.05, 0.1) is 10.0 Å². The Morgan fingerprint density at radius 1 is 1.60 bits per heavy atom. The average Bonchev–Trinajstić information content (AvgIpc) is 2.14. The molecule has 1 aliphatic rings. The average molecular weight is 270 g/mol. The second-order valence-electron chi connectivity index (χ2n) is 4.31. The predicted octanol–water partition coefficient (Wildman–Crippen LogP) is 2.45. The van der Waals surface area contributed by atoms with E-state index in [-0.39, 0.29) is 5.54 Å². The molecular formula is C11H16BrN3. The van der Waals surface area contributed by atoms with Crippen LogP contribution in [0, 0.1) is 6.92 Å². The molecule has 0 radical (unpaired) electrons. The van der Waals surface area contributed by atoms with Gasteiger partial charge in [-0.05, 0) is 53.7 Å². The van der Waals surface area contributed by atoms with E-state index in [9.17, 15) is 0 Å². The number of pyridine rings is 1. The largest absolute Gasteiger partial charge is 0.362 e. The minimum atomic E-state index is 0.0881. The van der Waals surface area contributed by atoms with Crippen LogP contribution in [-0.4, -0.2) is 17.1 Å². The molecule has 15 heavy (non-hydrogen) atoms. The molecule has 1 heterocycles. The fourth-order valence-electron chi connectivity index (χ4n) is 1.86. The van der Waals surface area contributed by atoms with Crippen LogP contribution in [-0.2, 0) is 0 Å². The second kappa shape index (κ2) is 4.10. The number of halogens is 1. The quantitative estimate of drug-likeness (QED) is 0.887. The highest BCUT2D eigenvalue weighted by atomic mass is 79.9. The highest BCUT2D eigenvalue weighted by Crippen LogP contribution is 2.35. The molecule has 0 saturated heterocycles. The van der Waals surface area contributed by atoms with Gasteiger partial charge in [0.2, 0.25) is 0 Å². The predicted molar refractivity (Wildman–Crippen MR) is 65.9 cm³/mol. The third-order valence-corrected chi connectivity index (χ3v) is 3.67. The maximum Gasteiger partial charge on any atom is 0.140 e. The fourth-order valence-corrected chi connectivity index (χ4v) is 2.42. The van der Waals surface area contributed by atoms with Gasteiger partial charge in [-0.25, -0.2) is 4.98 Å². The number of rotatable bonds is 3. The van der Waals surface area contributed by atoms with Gasteiger partial charge in [-0.3, -0.25) is 0 Å². The Labute approximate surface area is 98.6 Å². The zero-order chi connectivity index (χ0) is 10.9. The number of aromatic nitrogens is 1. The molecule has 0 amide bonds. The van der Waals surface area contributed by atoms with Crippen molar-refractivity contribution in [1.82, 2.24) is 4.98 Å². The van der Waals surface area contributed by atoms with Gasteiger partial charge >= 0.3 is 0 Å². The summed E-state index contributed by atoms with van der Waals surface area (Å²) in [6.45, 7) is 2.71. The molecule has 3 N–H and O–H groups in total. The lowest BCUT2D eigenvalue weighted by Crippen LogP contribution is -2.51. The molecule has 1 aliphatic carbocycles. The van der Waals surface area contributed by atoms with Gasteiger partial charge in [0.15, 0.2) is 0 Å². The molecule has 0 unspecified atom stereocenters. The number of hydrogen-bond acceptors (Lipinski definition) is 3. The summed E-state index contributed by atoms with van der Waals surface area (Å²) in [4.78, 5) is 4.38. The number of nitrogens with one attached hydrogen (secondary N) is 1. The van der Waals surface area contributed by atoms with Gasteiger partial charge in [0, 0.05) is 12.7 Å². The molecule has 0 atom stereocenters. The molecule has 0 spiro atoms. The van der Waals surface area contributed by atoms with Crippen molar-refractivity contribution in [3.63, 3.8) is 0 Å². The van der Waals surface area contributed by atoms with Crippen molar-refractivity contribution in [3.8, 4) is 0 Å². The van der Waals surface area contributed by atoms with Crippen molar-refractivity contribution in [3.05, 3.63) is 22.3 Å². The van der Waals surface area contributed by atoms with E-state index in [1.54, 1.807) is 0 Å². The molecule has 1 saturated carbocycles. The van der Waals surface area contributed by atoms with E-state index in [4.69, 9.17) is 5.73 Å². The standard InChI is InChI=1S/C11H16BrN3/c1-8-5-9(12)10(14-6-8)15-11(7-13)3-2-4-11/h5-6H,2-4,7,13H2,1H3,(H,14,15). The molecule has 2 rings (SSSR count). The minimum Gasteiger partial charge on any atom is -0.362 e. The van der Waals surface area contributed by atoms with Crippen LogP contribution in [0.15, 0.2) is 16.7 Å². The Bertz CT molecular complexity index is 355.